The van der Waals surface area contributed by atoms with Crippen molar-refractivity contribution in [3.63, 3.8) is 0 Å². The molecule has 22 heavy (non-hydrogen) atoms. The molecule has 2 aromatic carbocycles. The van der Waals surface area contributed by atoms with Crippen molar-refractivity contribution >= 4 is 22.8 Å². The second-order valence-electron chi connectivity index (χ2n) is 5.05. The van der Waals surface area contributed by atoms with E-state index in [0.29, 0.717) is 11.3 Å². The Morgan fingerprint density at radius 2 is 1.77 bits per heavy atom. The van der Waals surface area contributed by atoms with Crippen LogP contribution in [0.3, 0.4) is 0 Å². The summed E-state index contributed by atoms with van der Waals surface area (Å²) in [6, 6.07) is 17.1. The number of aromatic nitrogens is 2. The third kappa shape index (κ3) is 1.85. The van der Waals surface area contributed by atoms with Crippen LogP contribution in [0.25, 0.3) is 10.9 Å². The molecule has 0 fully saturated rings. The van der Waals surface area contributed by atoms with E-state index in [4.69, 9.17) is 5.73 Å². The summed E-state index contributed by atoms with van der Waals surface area (Å²) in [6.45, 7) is 0. The van der Waals surface area contributed by atoms with Crippen molar-refractivity contribution in [3.05, 3.63) is 70.5 Å². The molecule has 6 heteroatoms. The standard InChI is InChI=1S/C16H13N5O/c17-15-18-13(10-6-2-1-3-7-10)21-12-9-5-4-8-11(12)14(22)19-16(21)20-15/h1-9,13H,(H3,17,18,19,20,22)/t13-/m1/s1. The Kier molecular flexibility index (Phi) is 2.69. The van der Waals surface area contributed by atoms with E-state index in [1.54, 1.807) is 6.07 Å². The monoisotopic (exact) mass is 291 g/mol. The first-order valence-corrected chi connectivity index (χ1v) is 6.90. The van der Waals surface area contributed by atoms with Gasteiger partial charge in [0.05, 0.1) is 10.9 Å². The number of hydrogen-bond acceptors (Lipinski definition) is 5. The molecule has 0 unspecified atom stereocenters. The molecule has 3 N–H and O–H groups in total. The maximum Gasteiger partial charge on any atom is 0.282 e. The number of nitrogens with two attached hydrogens (primary N) is 1. The van der Waals surface area contributed by atoms with E-state index in [1.165, 1.54) is 0 Å². The van der Waals surface area contributed by atoms with Gasteiger partial charge in [0.2, 0.25) is 5.95 Å². The first kappa shape index (κ1) is 12.6. The van der Waals surface area contributed by atoms with Crippen LogP contribution in [0.4, 0.5) is 5.95 Å². The minimum absolute atomic E-state index is 0.246. The topological polar surface area (TPSA) is 85.3 Å². The van der Waals surface area contributed by atoms with Crippen LogP contribution in [0.5, 0.6) is 0 Å². The van der Waals surface area contributed by atoms with Crippen molar-refractivity contribution in [2.45, 2.75) is 6.17 Å². The number of nitrogens with zero attached hydrogens (tertiary/aromatic N) is 3. The van der Waals surface area contributed by atoms with Crippen LogP contribution < -0.4 is 16.6 Å². The fourth-order valence-corrected chi connectivity index (χ4v) is 2.71. The SMILES string of the molecule is NC1=N[C@@H](c2ccccc2)n2c(nc(=O)c3ccccc32)N1. The van der Waals surface area contributed by atoms with E-state index < -0.39 is 0 Å². The van der Waals surface area contributed by atoms with Crippen molar-refractivity contribution in [2.24, 2.45) is 10.7 Å². The van der Waals surface area contributed by atoms with Gasteiger partial charge in [0, 0.05) is 0 Å². The lowest BCUT2D eigenvalue weighted by Gasteiger charge is -2.27. The van der Waals surface area contributed by atoms with Gasteiger partial charge in [-0.15, -0.1) is 0 Å². The van der Waals surface area contributed by atoms with Crippen LogP contribution in [-0.2, 0) is 0 Å². The number of rotatable bonds is 1. The van der Waals surface area contributed by atoms with E-state index >= 15 is 0 Å². The van der Waals surface area contributed by atoms with Crippen molar-refractivity contribution in [3.8, 4) is 0 Å². The average molecular weight is 291 g/mol. The molecule has 108 valence electrons. The fourth-order valence-electron chi connectivity index (χ4n) is 2.71. The van der Waals surface area contributed by atoms with Gasteiger partial charge in [0.25, 0.3) is 5.56 Å². The Labute approximate surface area is 125 Å². The van der Waals surface area contributed by atoms with Gasteiger partial charge in [-0.25, -0.2) is 4.99 Å². The number of guanidine groups is 1. The maximum absolute atomic E-state index is 12.2. The van der Waals surface area contributed by atoms with Crippen LogP contribution >= 0.6 is 0 Å². The highest BCUT2D eigenvalue weighted by atomic mass is 16.1. The summed E-state index contributed by atoms with van der Waals surface area (Å²) in [7, 11) is 0. The molecule has 0 amide bonds. The highest BCUT2D eigenvalue weighted by Gasteiger charge is 2.24. The summed E-state index contributed by atoms with van der Waals surface area (Å²) in [5, 5.41) is 3.43. The highest BCUT2D eigenvalue weighted by molar-refractivity contribution is 5.93. The Balaban J connectivity index is 2.06. The molecule has 1 atom stereocenters. The Hall–Kier alpha value is -3.15. The number of aliphatic imine (C=N–C) groups is 1. The molecule has 2 heterocycles. The summed E-state index contributed by atoms with van der Waals surface area (Å²) in [5.41, 5.74) is 7.32. The average Bonchev–Trinajstić information content (AvgIpc) is 2.55. The molecule has 6 nitrogen and oxygen atoms in total. The van der Waals surface area contributed by atoms with Crippen molar-refractivity contribution < 1.29 is 0 Å². The molecule has 0 saturated heterocycles. The number of anilines is 1. The van der Waals surface area contributed by atoms with Gasteiger partial charge in [-0.3, -0.25) is 14.7 Å². The highest BCUT2D eigenvalue weighted by Crippen LogP contribution is 2.29. The molecular formula is C16H13N5O. The van der Waals surface area contributed by atoms with Gasteiger partial charge >= 0.3 is 0 Å². The molecule has 0 radical (unpaired) electrons. The number of benzene rings is 2. The number of fused-ring (bicyclic) bond motifs is 3. The molecule has 1 aliphatic heterocycles. The zero-order valence-electron chi connectivity index (χ0n) is 11.6. The van der Waals surface area contributed by atoms with Gasteiger partial charge in [0.1, 0.15) is 0 Å². The van der Waals surface area contributed by atoms with Crippen molar-refractivity contribution in [2.75, 3.05) is 5.32 Å². The first-order chi connectivity index (χ1) is 10.7. The second-order valence-corrected chi connectivity index (χ2v) is 5.05. The van der Waals surface area contributed by atoms with E-state index in [1.807, 2.05) is 53.1 Å². The molecular weight excluding hydrogens is 278 g/mol. The van der Waals surface area contributed by atoms with Gasteiger partial charge in [0.15, 0.2) is 12.1 Å². The lowest BCUT2D eigenvalue weighted by molar-refractivity contribution is 0.616. The zero-order chi connectivity index (χ0) is 15.1. The summed E-state index contributed by atoms with van der Waals surface area (Å²) in [5.74, 6) is 0.654. The van der Waals surface area contributed by atoms with Gasteiger partial charge in [-0.1, -0.05) is 42.5 Å². The van der Waals surface area contributed by atoms with Crippen LogP contribution in [0, 0.1) is 0 Å². The van der Waals surface area contributed by atoms with Crippen LogP contribution in [0.1, 0.15) is 11.7 Å². The van der Waals surface area contributed by atoms with E-state index in [9.17, 15) is 4.79 Å². The van der Waals surface area contributed by atoms with Gasteiger partial charge < -0.3 is 5.73 Å². The number of hydrogen-bond donors (Lipinski definition) is 2. The maximum atomic E-state index is 12.2. The smallest absolute Gasteiger partial charge is 0.282 e. The number of para-hydroxylation sites is 1. The Bertz CT molecular complexity index is 946. The molecule has 0 spiro atoms. The predicted octanol–water partition coefficient (Wildman–Crippen LogP) is 1.68. The van der Waals surface area contributed by atoms with Crippen LogP contribution in [-0.4, -0.2) is 15.5 Å². The molecule has 0 bridgehead atoms. The molecule has 3 aromatic rings. The van der Waals surface area contributed by atoms with Crippen molar-refractivity contribution in [1.29, 1.82) is 0 Å². The predicted molar refractivity (Wildman–Crippen MR) is 85.8 cm³/mol. The van der Waals surface area contributed by atoms with Gasteiger partial charge in [-0.05, 0) is 17.7 Å². The molecule has 0 saturated carbocycles. The Morgan fingerprint density at radius 1 is 1.05 bits per heavy atom. The third-order valence-corrected chi connectivity index (χ3v) is 3.67. The summed E-state index contributed by atoms with van der Waals surface area (Å²) in [4.78, 5) is 20.7. The van der Waals surface area contributed by atoms with Crippen LogP contribution in [0.15, 0.2) is 64.4 Å². The largest absolute Gasteiger partial charge is 0.370 e. The first-order valence-electron chi connectivity index (χ1n) is 6.90. The summed E-state index contributed by atoms with van der Waals surface area (Å²) in [6.07, 6.45) is -0.351. The van der Waals surface area contributed by atoms with E-state index in [-0.39, 0.29) is 17.7 Å². The summed E-state index contributed by atoms with van der Waals surface area (Å²) < 4.78 is 1.89. The lowest BCUT2D eigenvalue weighted by atomic mass is 10.1. The van der Waals surface area contributed by atoms with Gasteiger partial charge in [-0.2, -0.15) is 4.98 Å². The molecule has 4 rings (SSSR count). The quantitative estimate of drug-likeness (QED) is 0.714. The minimum atomic E-state index is -0.351. The molecule has 0 aliphatic carbocycles. The van der Waals surface area contributed by atoms with E-state index in [0.717, 1.165) is 11.1 Å². The molecule has 1 aliphatic rings. The normalized spacial score (nSPS) is 16.7. The third-order valence-electron chi connectivity index (χ3n) is 3.67. The van der Waals surface area contributed by atoms with Crippen molar-refractivity contribution in [1.82, 2.24) is 9.55 Å². The van der Waals surface area contributed by atoms with E-state index in [2.05, 4.69) is 15.3 Å². The summed E-state index contributed by atoms with van der Waals surface area (Å²) >= 11 is 0. The minimum Gasteiger partial charge on any atom is -0.370 e. The van der Waals surface area contributed by atoms with Crippen LogP contribution in [0.2, 0.25) is 0 Å². The fraction of sp³-hybridized carbons (Fsp3) is 0.0625. The lowest BCUT2D eigenvalue weighted by Crippen LogP contribution is -2.34. The molecule has 1 aromatic heterocycles. The number of nitrogens with one attached hydrogen (secondary N) is 1. The zero-order valence-corrected chi connectivity index (χ0v) is 11.6. The second kappa shape index (κ2) is 4.70. The Morgan fingerprint density at radius 3 is 2.59 bits per heavy atom.